The molecule has 0 aliphatic carbocycles. The van der Waals surface area contributed by atoms with Crippen LogP contribution in [0.5, 0.6) is 5.75 Å². The first-order valence-corrected chi connectivity index (χ1v) is 7.01. The zero-order chi connectivity index (χ0) is 13.7. The lowest BCUT2D eigenvalue weighted by Gasteiger charge is -2.09. The van der Waals surface area contributed by atoms with Crippen molar-refractivity contribution in [3.05, 3.63) is 63.1 Å². The quantitative estimate of drug-likeness (QED) is 0.775. The first-order chi connectivity index (χ1) is 9.19. The van der Waals surface area contributed by atoms with Gasteiger partial charge < -0.3 is 9.47 Å². The average molecular weight is 342 g/mol. The first kappa shape index (κ1) is 14.4. The number of hydrogen-bond acceptors (Lipinski definition) is 2. The minimum Gasteiger partial charge on any atom is -0.489 e. The SMILES string of the molecule is COCc1cccc(OCc2ccc(Br)cc2Cl)c1. The van der Waals surface area contributed by atoms with Gasteiger partial charge in [0.1, 0.15) is 12.4 Å². The highest BCUT2D eigenvalue weighted by Crippen LogP contribution is 2.23. The molecule has 0 spiro atoms. The van der Waals surface area contributed by atoms with Gasteiger partial charge in [0.05, 0.1) is 6.61 Å². The van der Waals surface area contributed by atoms with Crippen molar-refractivity contribution in [2.45, 2.75) is 13.2 Å². The lowest BCUT2D eigenvalue weighted by atomic mass is 10.2. The third-order valence-corrected chi connectivity index (χ3v) is 3.46. The fourth-order valence-electron chi connectivity index (χ4n) is 1.69. The standard InChI is InChI=1S/C15H14BrClO2/c1-18-9-11-3-2-4-14(7-11)19-10-12-5-6-13(16)8-15(12)17/h2-8H,9-10H2,1H3. The largest absolute Gasteiger partial charge is 0.489 e. The molecule has 0 saturated heterocycles. The highest BCUT2D eigenvalue weighted by molar-refractivity contribution is 9.10. The zero-order valence-electron chi connectivity index (χ0n) is 10.5. The van der Waals surface area contributed by atoms with Crippen LogP contribution in [-0.4, -0.2) is 7.11 Å². The van der Waals surface area contributed by atoms with Crippen LogP contribution < -0.4 is 4.74 Å². The van der Waals surface area contributed by atoms with Crippen molar-refractivity contribution >= 4 is 27.5 Å². The van der Waals surface area contributed by atoms with E-state index in [1.807, 2.05) is 42.5 Å². The van der Waals surface area contributed by atoms with E-state index >= 15 is 0 Å². The maximum absolute atomic E-state index is 6.15. The van der Waals surface area contributed by atoms with E-state index in [0.717, 1.165) is 21.3 Å². The fraction of sp³-hybridized carbons (Fsp3) is 0.200. The van der Waals surface area contributed by atoms with Crippen LogP contribution in [0.4, 0.5) is 0 Å². The number of hydrogen-bond donors (Lipinski definition) is 0. The molecule has 4 heteroatoms. The summed E-state index contributed by atoms with van der Waals surface area (Å²) in [5, 5.41) is 0.697. The molecule has 0 fully saturated rings. The van der Waals surface area contributed by atoms with E-state index in [2.05, 4.69) is 15.9 Å². The molecule has 2 nitrogen and oxygen atoms in total. The second-order valence-electron chi connectivity index (χ2n) is 4.10. The smallest absolute Gasteiger partial charge is 0.120 e. The van der Waals surface area contributed by atoms with Crippen LogP contribution >= 0.6 is 27.5 Å². The Morgan fingerprint density at radius 3 is 2.68 bits per heavy atom. The summed E-state index contributed by atoms with van der Waals surface area (Å²) in [7, 11) is 1.68. The summed E-state index contributed by atoms with van der Waals surface area (Å²) in [6.07, 6.45) is 0. The van der Waals surface area contributed by atoms with Crippen LogP contribution in [0.15, 0.2) is 46.9 Å². The summed E-state index contributed by atoms with van der Waals surface area (Å²) in [4.78, 5) is 0. The van der Waals surface area contributed by atoms with Gasteiger partial charge in [0.25, 0.3) is 0 Å². The molecule has 0 N–H and O–H groups in total. The molecule has 0 atom stereocenters. The summed E-state index contributed by atoms with van der Waals surface area (Å²) >= 11 is 9.53. The van der Waals surface area contributed by atoms with E-state index in [1.54, 1.807) is 7.11 Å². The Morgan fingerprint density at radius 1 is 1.11 bits per heavy atom. The van der Waals surface area contributed by atoms with Crippen molar-refractivity contribution in [3.63, 3.8) is 0 Å². The van der Waals surface area contributed by atoms with Crippen LogP contribution in [0.2, 0.25) is 5.02 Å². The molecule has 100 valence electrons. The molecule has 19 heavy (non-hydrogen) atoms. The molecule has 2 rings (SSSR count). The third-order valence-electron chi connectivity index (χ3n) is 2.62. The average Bonchev–Trinajstić information content (AvgIpc) is 2.38. The van der Waals surface area contributed by atoms with Crippen LogP contribution in [0.1, 0.15) is 11.1 Å². The van der Waals surface area contributed by atoms with Crippen LogP contribution in [0.3, 0.4) is 0 Å². The van der Waals surface area contributed by atoms with Gasteiger partial charge in [0, 0.05) is 22.2 Å². The molecular weight excluding hydrogens is 328 g/mol. The van der Waals surface area contributed by atoms with Gasteiger partial charge in [-0.2, -0.15) is 0 Å². The van der Waals surface area contributed by atoms with E-state index in [1.165, 1.54) is 0 Å². The first-order valence-electron chi connectivity index (χ1n) is 5.83. The Morgan fingerprint density at radius 2 is 1.95 bits per heavy atom. The fourth-order valence-corrected chi connectivity index (χ4v) is 2.42. The predicted octanol–water partition coefficient (Wildman–Crippen LogP) is 4.83. The second-order valence-corrected chi connectivity index (χ2v) is 5.43. The molecule has 0 aliphatic heterocycles. The summed E-state index contributed by atoms with van der Waals surface area (Å²) < 4.78 is 11.8. The molecule has 0 saturated carbocycles. The van der Waals surface area contributed by atoms with E-state index in [0.29, 0.717) is 18.2 Å². The van der Waals surface area contributed by atoms with Crippen LogP contribution in [0, 0.1) is 0 Å². The minimum absolute atomic E-state index is 0.447. The molecule has 0 unspecified atom stereocenters. The highest BCUT2D eigenvalue weighted by Gasteiger charge is 2.03. The van der Waals surface area contributed by atoms with Crippen molar-refractivity contribution in [1.82, 2.24) is 0 Å². The summed E-state index contributed by atoms with van der Waals surface area (Å²) in [6.45, 7) is 1.03. The molecule has 2 aromatic carbocycles. The van der Waals surface area contributed by atoms with Gasteiger partial charge in [0.2, 0.25) is 0 Å². The van der Waals surface area contributed by atoms with Gasteiger partial charge in [-0.1, -0.05) is 45.7 Å². The van der Waals surface area contributed by atoms with Crippen LogP contribution in [0.25, 0.3) is 0 Å². The maximum Gasteiger partial charge on any atom is 0.120 e. The molecule has 2 aromatic rings. The minimum atomic E-state index is 0.447. The van der Waals surface area contributed by atoms with E-state index in [9.17, 15) is 0 Å². The number of halogens is 2. The van der Waals surface area contributed by atoms with Crippen molar-refractivity contribution in [1.29, 1.82) is 0 Å². The Hall–Kier alpha value is -1.03. The molecular formula is C15H14BrClO2. The van der Waals surface area contributed by atoms with Crippen molar-refractivity contribution in [2.75, 3.05) is 7.11 Å². The Labute approximate surface area is 126 Å². The van der Waals surface area contributed by atoms with Crippen molar-refractivity contribution in [2.24, 2.45) is 0 Å². The molecule has 0 amide bonds. The predicted molar refractivity (Wildman–Crippen MR) is 80.6 cm³/mol. The molecule has 0 heterocycles. The normalized spacial score (nSPS) is 10.5. The molecule has 0 radical (unpaired) electrons. The Kier molecular flexibility index (Phi) is 5.25. The van der Waals surface area contributed by atoms with Crippen LogP contribution in [-0.2, 0) is 18.0 Å². The lowest BCUT2D eigenvalue weighted by molar-refractivity contribution is 0.184. The van der Waals surface area contributed by atoms with E-state index in [4.69, 9.17) is 21.1 Å². The monoisotopic (exact) mass is 340 g/mol. The third kappa shape index (κ3) is 4.23. The topological polar surface area (TPSA) is 18.5 Å². The summed E-state index contributed by atoms with van der Waals surface area (Å²) in [6, 6.07) is 13.6. The van der Waals surface area contributed by atoms with Gasteiger partial charge in [-0.25, -0.2) is 0 Å². The van der Waals surface area contributed by atoms with Gasteiger partial charge in [-0.15, -0.1) is 0 Å². The van der Waals surface area contributed by atoms with E-state index < -0.39 is 0 Å². The number of methoxy groups -OCH3 is 1. The van der Waals surface area contributed by atoms with Crippen molar-refractivity contribution in [3.8, 4) is 5.75 Å². The number of rotatable bonds is 5. The van der Waals surface area contributed by atoms with Gasteiger partial charge >= 0.3 is 0 Å². The second kappa shape index (κ2) is 6.94. The van der Waals surface area contributed by atoms with E-state index in [-0.39, 0.29) is 0 Å². The number of benzene rings is 2. The number of ether oxygens (including phenoxy) is 2. The molecule has 0 aliphatic rings. The zero-order valence-corrected chi connectivity index (χ0v) is 12.9. The lowest BCUT2D eigenvalue weighted by Crippen LogP contribution is -1.97. The van der Waals surface area contributed by atoms with Gasteiger partial charge in [0.15, 0.2) is 0 Å². The summed E-state index contributed by atoms with van der Waals surface area (Å²) in [5.74, 6) is 0.813. The highest BCUT2D eigenvalue weighted by atomic mass is 79.9. The van der Waals surface area contributed by atoms with Crippen molar-refractivity contribution < 1.29 is 9.47 Å². The molecule has 0 bridgehead atoms. The Bertz CT molecular complexity index is 558. The summed E-state index contributed by atoms with van der Waals surface area (Å²) in [5.41, 5.74) is 2.05. The van der Waals surface area contributed by atoms with Gasteiger partial charge in [-0.3, -0.25) is 0 Å². The van der Waals surface area contributed by atoms with Gasteiger partial charge in [-0.05, 0) is 29.8 Å². The Balaban J connectivity index is 2.03. The maximum atomic E-state index is 6.15. The molecule has 0 aromatic heterocycles.